The molecule has 0 radical (unpaired) electrons. The van der Waals surface area contributed by atoms with E-state index in [1.165, 1.54) is 24.3 Å². The first kappa shape index (κ1) is 13.4. The van der Waals surface area contributed by atoms with Gasteiger partial charge >= 0.3 is 0 Å². The van der Waals surface area contributed by atoms with Crippen LogP contribution in [0.1, 0.15) is 37.6 Å². The van der Waals surface area contributed by atoms with E-state index in [2.05, 4.69) is 23.8 Å². The van der Waals surface area contributed by atoms with Gasteiger partial charge in [0, 0.05) is 17.6 Å². The lowest BCUT2D eigenvalue weighted by Crippen LogP contribution is -2.26. The zero-order valence-electron chi connectivity index (χ0n) is 10.1. The number of allylic oxidation sites excluding steroid dienone is 1. The van der Waals surface area contributed by atoms with Crippen LogP contribution in [0.4, 0.5) is 0 Å². The molecule has 2 nitrogen and oxygen atoms in total. The number of thiazole rings is 1. The monoisotopic (exact) mass is 238 g/mol. The highest BCUT2D eigenvalue weighted by atomic mass is 32.1. The van der Waals surface area contributed by atoms with Crippen LogP contribution < -0.4 is 5.32 Å². The molecule has 0 bridgehead atoms. The molecule has 0 aliphatic heterocycles. The normalized spacial score (nSPS) is 12.6. The van der Waals surface area contributed by atoms with Crippen LogP contribution in [-0.2, 0) is 6.42 Å². The second kappa shape index (κ2) is 8.48. The highest BCUT2D eigenvalue weighted by molar-refractivity contribution is 7.09. The first-order valence-corrected chi connectivity index (χ1v) is 6.93. The maximum Gasteiger partial charge on any atom is 0.0924 e. The van der Waals surface area contributed by atoms with Crippen LogP contribution in [0.15, 0.2) is 24.2 Å². The van der Waals surface area contributed by atoms with E-state index in [1.54, 1.807) is 11.3 Å². The first-order valence-electron chi connectivity index (χ1n) is 6.05. The van der Waals surface area contributed by atoms with Crippen molar-refractivity contribution in [1.29, 1.82) is 0 Å². The molecule has 1 aromatic heterocycles. The summed E-state index contributed by atoms with van der Waals surface area (Å²) in [5.74, 6) is 0. The van der Waals surface area contributed by atoms with Gasteiger partial charge in [0.15, 0.2) is 0 Å². The number of aromatic nitrogens is 1. The van der Waals surface area contributed by atoms with E-state index in [-0.39, 0.29) is 0 Å². The second-order valence-corrected chi connectivity index (χ2v) is 5.08. The highest BCUT2D eigenvalue weighted by Gasteiger charge is 1.99. The predicted octanol–water partition coefficient (Wildman–Crippen LogP) is 3.41. The van der Waals surface area contributed by atoms with Crippen LogP contribution in [0.5, 0.6) is 0 Å². The van der Waals surface area contributed by atoms with E-state index in [0.29, 0.717) is 6.04 Å². The number of hydrogen-bond donors (Lipinski definition) is 1. The van der Waals surface area contributed by atoms with E-state index < -0.39 is 0 Å². The van der Waals surface area contributed by atoms with Gasteiger partial charge in [-0.3, -0.25) is 0 Å². The third-order valence-corrected chi connectivity index (χ3v) is 3.44. The summed E-state index contributed by atoms with van der Waals surface area (Å²) >= 11 is 1.76. The van der Waals surface area contributed by atoms with Gasteiger partial charge in [-0.25, -0.2) is 4.98 Å². The molecular weight excluding hydrogens is 216 g/mol. The largest absolute Gasteiger partial charge is 0.314 e. The fourth-order valence-corrected chi connectivity index (χ4v) is 2.26. The van der Waals surface area contributed by atoms with Crippen LogP contribution >= 0.6 is 11.3 Å². The lowest BCUT2D eigenvalue weighted by Gasteiger charge is -2.12. The minimum Gasteiger partial charge on any atom is -0.314 e. The predicted molar refractivity (Wildman–Crippen MR) is 71.9 cm³/mol. The smallest absolute Gasteiger partial charge is 0.0924 e. The Hall–Kier alpha value is -0.670. The molecule has 3 heteroatoms. The molecule has 0 spiro atoms. The van der Waals surface area contributed by atoms with Gasteiger partial charge in [0.1, 0.15) is 0 Å². The van der Waals surface area contributed by atoms with E-state index in [4.69, 9.17) is 0 Å². The quantitative estimate of drug-likeness (QED) is 0.527. The maximum atomic E-state index is 4.28. The average Bonchev–Trinajstić information content (AvgIpc) is 2.79. The highest BCUT2D eigenvalue weighted by Crippen LogP contribution is 2.07. The molecule has 1 N–H and O–H groups in total. The first-order chi connectivity index (χ1) is 7.83. The number of aryl methyl sites for hydroxylation is 1. The van der Waals surface area contributed by atoms with Gasteiger partial charge in [0.05, 0.1) is 5.01 Å². The van der Waals surface area contributed by atoms with Gasteiger partial charge in [-0.1, -0.05) is 6.08 Å². The Morgan fingerprint density at radius 1 is 1.56 bits per heavy atom. The lowest BCUT2D eigenvalue weighted by molar-refractivity contribution is 0.503. The molecule has 1 unspecified atom stereocenters. The summed E-state index contributed by atoms with van der Waals surface area (Å²) < 4.78 is 0. The van der Waals surface area contributed by atoms with Gasteiger partial charge in [0.25, 0.3) is 0 Å². The van der Waals surface area contributed by atoms with E-state index in [9.17, 15) is 0 Å². The van der Waals surface area contributed by atoms with Crippen LogP contribution in [0, 0.1) is 0 Å². The molecule has 0 saturated heterocycles. The molecule has 90 valence electrons. The number of unbranched alkanes of at least 4 members (excludes halogenated alkanes) is 1. The summed E-state index contributed by atoms with van der Waals surface area (Å²) in [7, 11) is 0. The van der Waals surface area contributed by atoms with Crippen LogP contribution in [0.2, 0.25) is 0 Å². The third kappa shape index (κ3) is 6.03. The van der Waals surface area contributed by atoms with Crippen molar-refractivity contribution in [3.63, 3.8) is 0 Å². The summed E-state index contributed by atoms with van der Waals surface area (Å²) in [5.41, 5.74) is 0. The Kier molecular flexibility index (Phi) is 7.10. The van der Waals surface area contributed by atoms with Gasteiger partial charge < -0.3 is 5.32 Å². The van der Waals surface area contributed by atoms with Crippen molar-refractivity contribution < 1.29 is 0 Å². The van der Waals surface area contributed by atoms with Gasteiger partial charge in [-0.15, -0.1) is 17.9 Å². The van der Waals surface area contributed by atoms with E-state index >= 15 is 0 Å². The molecule has 0 aliphatic rings. The number of nitrogens with one attached hydrogen (secondary N) is 1. The Morgan fingerprint density at radius 3 is 3.12 bits per heavy atom. The van der Waals surface area contributed by atoms with Gasteiger partial charge in [-0.05, 0) is 45.6 Å². The topological polar surface area (TPSA) is 24.9 Å². The molecule has 16 heavy (non-hydrogen) atoms. The molecular formula is C13H22N2S. The SMILES string of the molecule is C=CCCC(C)NCCCCc1nccs1. The summed E-state index contributed by atoms with van der Waals surface area (Å²) in [5, 5.41) is 6.84. The standard InChI is InChI=1S/C13H22N2S/c1-3-4-7-12(2)14-9-6-5-8-13-15-10-11-16-13/h3,10-12,14H,1,4-9H2,2H3. The molecule has 1 rings (SSSR count). The Morgan fingerprint density at radius 2 is 2.44 bits per heavy atom. The number of rotatable bonds is 9. The van der Waals surface area contributed by atoms with Gasteiger partial charge in [-0.2, -0.15) is 0 Å². The third-order valence-electron chi connectivity index (χ3n) is 2.60. The van der Waals surface area contributed by atoms with E-state index in [0.717, 1.165) is 19.4 Å². The maximum absolute atomic E-state index is 4.28. The molecule has 0 fully saturated rings. The zero-order valence-corrected chi connectivity index (χ0v) is 10.9. The summed E-state index contributed by atoms with van der Waals surface area (Å²) in [6, 6.07) is 0.609. The Bertz CT molecular complexity index is 269. The van der Waals surface area contributed by atoms with Gasteiger partial charge in [0.2, 0.25) is 0 Å². The van der Waals surface area contributed by atoms with Crippen molar-refractivity contribution in [3.05, 3.63) is 29.2 Å². The molecule has 0 saturated carbocycles. The fourth-order valence-electron chi connectivity index (χ4n) is 1.60. The van der Waals surface area contributed by atoms with Crippen LogP contribution in [-0.4, -0.2) is 17.6 Å². The molecule has 1 atom stereocenters. The fraction of sp³-hybridized carbons (Fsp3) is 0.615. The molecule has 0 amide bonds. The van der Waals surface area contributed by atoms with Crippen LogP contribution in [0.25, 0.3) is 0 Å². The number of hydrogen-bond acceptors (Lipinski definition) is 3. The van der Waals surface area contributed by atoms with Crippen molar-refractivity contribution >= 4 is 11.3 Å². The zero-order chi connectivity index (χ0) is 11.6. The van der Waals surface area contributed by atoms with Crippen molar-refractivity contribution in [1.82, 2.24) is 10.3 Å². The summed E-state index contributed by atoms with van der Waals surface area (Å²) in [6.07, 6.45) is 9.76. The summed E-state index contributed by atoms with van der Waals surface area (Å²) in [6.45, 7) is 7.09. The minimum absolute atomic E-state index is 0.609. The van der Waals surface area contributed by atoms with Crippen molar-refractivity contribution in [2.45, 2.75) is 45.1 Å². The van der Waals surface area contributed by atoms with Crippen molar-refractivity contribution in [2.75, 3.05) is 6.54 Å². The molecule has 1 heterocycles. The molecule has 0 aliphatic carbocycles. The Balaban J connectivity index is 1.93. The molecule has 0 aromatic carbocycles. The van der Waals surface area contributed by atoms with Crippen molar-refractivity contribution in [3.8, 4) is 0 Å². The average molecular weight is 238 g/mol. The van der Waals surface area contributed by atoms with Crippen LogP contribution in [0.3, 0.4) is 0 Å². The summed E-state index contributed by atoms with van der Waals surface area (Å²) in [4.78, 5) is 4.28. The number of nitrogens with zero attached hydrogens (tertiary/aromatic N) is 1. The minimum atomic E-state index is 0.609. The van der Waals surface area contributed by atoms with Crippen molar-refractivity contribution in [2.24, 2.45) is 0 Å². The lowest BCUT2D eigenvalue weighted by atomic mass is 10.1. The molecule has 1 aromatic rings. The second-order valence-electron chi connectivity index (χ2n) is 4.10. The Labute approximate surface area is 103 Å². The van der Waals surface area contributed by atoms with E-state index in [1.807, 2.05) is 17.7 Å².